The number of imide groups is 1. The number of nitrogens with one attached hydrogen (secondary N) is 2. The molecule has 2 N–H and O–H groups in total. The van der Waals surface area contributed by atoms with Crippen molar-refractivity contribution in [3.63, 3.8) is 0 Å². The maximum Gasteiger partial charge on any atom is 0.255 e. The molecule has 1 aromatic carbocycles. The third-order valence-electron chi connectivity index (χ3n) is 3.93. The molecule has 0 bridgehead atoms. The molecular formula is C15H14BrN3O4. The van der Waals surface area contributed by atoms with E-state index in [9.17, 15) is 19.2 Å². The largest absolute Gasteiger partial charge is 0.326 e. The van der Waals surface area contributed by atoms with Gasteiger partial charge in [-0.25, -0.2) is 0 Å². The number of amides is 4. The van der Waals surface area contributed by atoms with Gasteiger partial charge in [-0.2, -0.15) is 0 Å². The zero-order chi connectivity index (χ0) is 16.7. The summed E-state index contributed by atoms with van der Waals surface area (Å²) in [5.41, 5.74) is 1.68. The van der Waals surface area contributed by atoms with Gasteiger partial charge in [0.2, 0.25) is 17.7 Å². The quantitative estimate of drug-likeness (QED) is 0.753. The normalized spacial score (nSPS) is 20.3. The van der Waals surface area contributed by atoms with E-state index in [1.165, 1.54) is 11.8 Å². The molecule has 23 heavy (non-hydrogen) atoms. The summed E-state index contributed by atoms with van der Waals surface area (Å²) in [5.74, 6) is -1.29. The van der Waals surface area contributed by atoms with Crippen LogP contribution in [0.3, 0.4) is 0 Å². The van der Waals surface area contributed by atoms with E-state index in [0.717, 1.165) is 0 Å². The van der Waals surface area contributed by atoms with Crippen LogP contribution in [-0.2, 0) is 20.9 Å². The lowest BCUT2D eigenvalue weighted by Crippen LogP contribution is -2.52. The Bertz CT molecular complexity index is 746. The van der Waals surface area contributed by atoms with Crippen LogP contribution in [0.2, 0.25) is 0 Å². The first-order valence-corrected chi connectivity index (χ1v) is 7.91. The molecule has 120 valence electrons. The molecule has 1 fully saturated rings. The molecule has 2 heterocycles. The molecule has 8 heteroatoms. The van der Waals surface area contributed by atoms with Crippen molar-refractivity contribution in [2.75, 3.05) is 5.32 Å². The maximum absolute atomic E-state index is 12.6. The molecule has 1 saturated heterocycles. The van der Waals surface area contributed by atoms with E-state index >= 15 is 0 Å². The Balaban J connectivity index is 1.94. The summed E-state index contributed by atoms with van der Waals surface area (Å²) >= 11 is 3.32. The highest BCUT2D eigenvalue weighted by molar-refractivity contribution is 9.10. The number of halogens is 1. The van der Waals surface area contributed by atoms with Gasteiger partial charge in [-0.1, -0.05) is 15.9 Å². The van der Waals surface area contributed by atoms with Gasteiger partial charge in [0.25, 0.3) is 5.91 Å². The minimum atomic E-state index is -0.670. The summed E-state index contributed by atoms with van der Waals surface area (Å²) in [7, 11) is 0. The van der Waals surface area contributed by atoms with Crippen molar-refractivity contribution < 1.29 is 19.2 Å². The smallest absolute Gasteiger partial charge is 0.255 e. The van der Waals surface area contributed by atoms with Crippen LogP contribution >= 0.6 is 15.9 Å². The fraction of sp³-hybridized carbons (Fsp3) is 0.333. The number of nitrogens with zero attached hydrogens (tertiary/aromatic N) is 1. The minimum absolute atomic E-state index is 0.207. The van der Waals surface area contributed by atoms with Gasteiger partial charge in [0, 0.05) is 41.2 Å². The van der Waals surface area contributed by atoms with Gasteiger partial charge in [0.05, 0.1) is 0 Å². The number of anilines is 1. The zero-order valence-electron chi connectivity index (χ0n) is 12.3. The van der Waals surface area contributed by atoms with Crippen LogP contribution in [0.1, 0.15) is 35.7 Å². The first-order valence-electron chi connectivity index (χ1n) is 7.11. The van der Waals surface area contributed by atoms with Crippen LogP contribution in [0.5, 0.6) is 0 Å². The highest BCUT2D eigenvalue weighted by Crippen LogP contribution is 2.34. The lowest BCUT2D eigenvalue weighted by molar-refractivity contribution is -0.137. The molecule has 1 aromatic rings. The first kappa shape index (κ1) is 15.7. The fourth-order valence-electron chi connectivity index (χ4n) is 2.93. The van der Waals surface area contributed by atoms with Crippen LogP contribution in [0.25, 0.3) is 0 Å². The summed E-state index contributed by atoms with van der Waals surface area (Å²) in [4.78, 5) is 48.7. The van der Waals surface area contributed by atoms with Gasteiger partial charge in [-0.05, 0) is 18.6 Å². The highest BCUT2D eigenvalue weighted by atomic mass is 79.9. The van der Waals surface area contributed by atoms with Gasteiger partial charge in [-0.3, -0.25) is 24.5 Å². The number of carbonyl (C=O) groups excluding carboxylic acids is 4. The van der Waals surface area contributed by atoms with E-state index in [0.29, 0.717) is 27.7 Å². The van der Waals surface area contributed by atoms with Gasteiger partial charge in [0.15, 0.2) is 0 Å². The number of carbonyl (C=O) groups is 4. The number of fused-ring (bicyclic) bond motifs is 1. The van der Waals surface area contributed by atoms with Crippen LogP contribution < -0.4 is 10.6 Å². The molecule has 1 unspecified atom stereocenters. The standard InChI is InChI=1S/C15H14BrN3O4/c1-7(20)17-11-5-8(16)4-9-10(11)6-19(15(9)23)12-2-3-13(21)18-14(12)22/h4-5,12H,2-3,6H2,1H3,(H,17,20)(H,18,21,22). The average Bonchev–Trinajstić information content (AvgIpc) is 2.76. The Hall–Kier alpha value is -2.22. The monoisotopic (exact) mass is 379 g/mol. The van der Waals surface area contributed by atoms with E-state index in [1.54, 1.807) is 12.1 Å². The fourth-order valence-corrected chi connectivity index (χ4v) is 3.39. The van der Waals surface area contributed by atoms with Gasteiger partial charge in [-0.15, -0.1) is 0 Å². The lowest BCUT2D eigenvalue weighted by Gasteiger charge is -2.29. The zero-order valence-corrected chi connectivity index (χ0v) is 13.9. The predicted molar refractivity (Wildman–Crippen MR) is 84.5 cm³/mol. The summed E-state index contributed by atoms with van der Waals surface area (Å²) < 4.78 is 0.665. The summed E-state index contributed by atoms with van der Waals surface area (Å²) in [5, 5.41) is 4.97. The molecule has 0 aliphatic carbocycles. The Morgan fingerprint density at radius 1 is 1.35 bits per heavy atom. The summed E-state index contributed by atoms with van der Waals surface area (Å²) in [6, 6.07) is 2.73. The van der Waals surface area contributed by atoms with Gasteiger partial charge in [0.1, 0.15) is 6.04 Å². The Labute approximate surface area is 140 Å². The van der Waals surface area contributed by atoms with E-state index < -0.39 is 11.9 Å². The van der Waals surface area contributed by atoms with Crippen molar-refractivity contribution >= 4 is 45.2 Å². The van der Waals surface area contributed by atoms with Crippen molar-refractivity contribution in [2.24, 2.45) is 0 Å². The molecule has 0 aromatic heterocycles. The molecular weight excluding hydrogens is 366 g/mol. The molecule has 3 rings (SSSR count). The van der Waals surface area contributed by atoms with Crippen LogP contribution in [0.4, 0.5) is 5.69 Å². The number of hydrogen-bond donors (Lipinski definition) is 2. The van der Waals surface area contributed by atoms with Crippen molar-refractivity contribution in [3.05, 3.63) is 27.7 Å². The number of benzene rings is 1. The molecule has 1 atom stereocenters. The highest BCUT2D eigenvalue weighted by Gasteiger charge is 2.40. The van der Waals surface area contributed by atoms with Crippen molar-refractivity contribution in [2.45, 2.75) is 32.4 Å². The third kappa shape index (κ3) is 2.86. The Morgan fingerprint density at radius 2 is 2.09 bits per heavy atom. The second kappa shape index (κ2) is 5.77. The maximum atomic E-state index is 12.6. The van der Waals surface area contributed by atoms with E-state index in [4.69, 9.17) is 0 Å². The van der Waals surface area contributed by atoms with E-state index in [2.05, 4.69) is 26.6 Å². The molecule has 4 amide bonds. The average molecular weight is 380 g/mol. The molecule has 0 spiro atoms. The van der Waals surface area contributed by atoms with Crippen LogP contribution in [0.15, 0.2) is 16.6 Å². The number of piperidine rings is 1. The molecule has 2 aliphatic rings. The van der Waals surface area contributed by atoms with Gasteiger partial charge < -0.3 is 10.2 Å². The topological polar surface area (TPSA) is 95.6 Å². The molecule has 0 radical (unpaired) electrons. The molecule has 0 saturated carbocycles. The summed E-state index contributed by atoms with van der Waals surface area (Å²) in [6.45, 7) is 1.62. The minimum Gasteiger partial charge on any atom is -0.326 e. The molecule has 2 aliphatic heterocycles. The first-order chi connectivity index (χ1) is 10.9. The molecule has 7 nitrogen and oxygen atoms in total. The second-order valence-corrected chi connectivity index (χ2v) is 6.48. The van der Waals surface area contributed by atoms with Crippen molar-refractivity contribution in [1.82, 2.24) is 10.2 Å². The van der Waals surface area contributed by atoms with Gasteiger partial charge >= 0.3 is 0 Å². The van der Waals surface area contributed by atoms with Crippen molar-refractivity contribution in [3.8, 4) is 0 Å². The second-order valence-electron chi connectivity index (χ2n) is 5.56. The van der Waals surface area contributed by atoms with E-state index in [-0.39, 0.29) is 30.7 Å². The van der Waals surface area contributed by atoms with E-state index in [1.807, 2.05) is 0 Å². The van der Waals surface area contributed by atoms with Crippen LogP contribution in [-0.4, -0.2) is 34.6 Å². The number of hydrogen-bond acceptors (Lipinski definition) is 4. The SMILES string of the molecule is CC(=O)Nc1cc(Br)cc2c1CN(C1CCC(=O)NC1=O)C2=O. The Kier molecular flexibility index (Phi) is 3.93. The lowest BCUT2D eigenvalue weighted by atomic mass is 10.0. The predicted octanol–water partition coefficient (Wildman–Crippen LogP) is 1.17. The summed E-state index contributed by atoms with van der Waals surface area (Å²) in [6.07, 6.45) is 0.514. The number of rotatable bonds is 2. The van der Waals surface area contributed by atoms with Crippen molar-refractivity contribution in [1.29, 1.82) is 0 Å². The third-order valence-corrected chi connectivity index (χ3v) is 4.39. The Morgan fingerprint density at radius 3 is 2.74 bits per heavy atom. The van der Waals surface area contributed by atoms with Crippen LogP contribution in [0, 0.1) is 0 Å².